The van der Waals surface area contributed by atoms with Crippen molar-refractivity contribution in [1.29, 1.82) is 0 Å². The molecule has 4 rings (SSSR count). The highest BCUT2D eigenvalue weighted by atomic mass is 15.1. The molecule has 2 aliphatic heterocycles. The van der Waals surface area contributed by atoms with Gasteiger partial charge in [0.05, 0.1) is 22.4 Å². The molecule has 28 heavy (non-hydrogen) atoms. The molecular formula is C23H29N5. The Hall–Kier alpha value is -2.63. The molecule has 2 aromatic carbocycles. The molecule has 2 aliphatic rings. The molecule has 0 saturated heterocycles. The Morgan fingerprint density at radius 3 is 2.54 bits per heavy atom. The van der Waals surface area contributed by atoms with Crippen LogP contribution in [0.5, 0.6) is 0 Å². The van der Waals surface area contributed by atoms with E-state index >= 15 is 0 Å². The van der Waals surface area contributed by atoms with Crippen molar-refractivity contribution in [2.24, 2.45) is 12.8 Å². The van der Waals surface area contributed by atoms with Crippen molar-refractivity contribution in [1.82, 2.24) is 14.5 Å². The lowest BCUT2D eigenvalue weighted by Crippen LogP contribution is -2.24. The molecule has 0 aliphatic carbocycles. The average molecular weight is 376 g/mol. The third-order valence-electron chi connectivity index (χ3n) is 5.49. The molecule has 0 spiro atoms. The van der Waals surface area contributed by atoms with Crippen LogP contribution in [0.25, 0.3) is 33.2 Å². The van der Waals surface area contributed by atoms with E-state index in [1.807, 2.05) is 0 Å². The van der Waals surface area contributed by atoms with Gasteiger partial charge in [-0.3, -0.25) is 0 Å². The third kappa shape index (κ3) is 3.43. The van der Waals surface area contributed by atoms with E-state index in [2.05, 4.69) is 77.4 Å². The summed E-state index contributed by atoms with van der Waals surface area (Å²) in [6.45, 7) is 3.79. The van der Waals surface area contributed by atoms with Gasteiger partial charge in [-0.1, -0.05) is 36.4 Å². The molecule has 0 atom stereocenters. The summed E-state index contributed by atoms with van der Waals surface area (Å²) in [5, 5.41) is 6.13. The number of hydrogen-bond acceptors (Lipinski definition) is 4. The number of benzene rings is 2. The molecule has 0 fully saturated rings. The standard InChI is InChI=1S/C23H29N5/c1-27(15-7-13-24)16-8-14-25-21-18-10-4-6-12-20(18)28(2)23-17-9-3-5-11-19(17)26-22(21)23/h3-6,9-12,25H,7-8,13-16,24H2,1-2H3. The molecule has 2 heterocycles. The van der Waals surface area contributed by atoms with Crippen molar-refractivity contribution in [3.05, 3.63) is 48.5 Å². The second kappa shape index (κ2) is 8.17. The van der Waals surface area contributed by atoms with Gasteiger partial charge in [-0.2, -0.15) is 0 Å². The highest BCUT2D eigenvalue weighted by Gasteiger charge is 2.21. The Morgan fingerprint density at radius 1 is 1.00 bits per heavy atom. The van der Waals surface area contributed by atoms with Gasteiger partial charge in [0, 0.05) is 24.4 Å². The number of fused-ring (bicyclic) bond motifs is 4. The van der Waals surface area contributed by atoms with Crippen LogP contribution in [-0.4, -0.2) is 47.7 Å². The van der Waals surface area contributed by atoms with Gasteiger partial charge in [-0.15, -0.1) is 0 Å². The normalized spacial score (nSPS) is 11.9. The summed E-state index contributed by atoms with van der Waals surface area (Å²) in [4.78, 5) is 7.32. The Balaban J connectivity index is 1.67. The van der Waals surface area contributed by atoms with Gasteiger partial charge in [0.1, 0.15) is 5.69 Å². The summed E-state index contributed by atoms with van der Waals surface area (Å²) in [7, 11) is 4.30. The Morgan fingerprint density at radius 2 is 1.71 bits per heavy atom. The number of anilines is 1. The van der Waals surface area contributed by atoms with Crippen LogP contribution in [0.15, 0.2) is 48.5 Å². The van der Waals surface area contributed by atoms with E-state index < -0.39 is 0 Å². The van der Waals surface area contributed by atoms with Gasteiger partial charge < -0.3 is 20.5 Å². The maximum Gasteiger partial charge on any atom is 0.112 e. The van der Waals surface area contributed by atoms with E-state index in [-0.39, 0.29) is 0 Å². The van der Waals surface area contributed by atoms with Crippen LogP contribution in [0, 0.1) is 0 Å². The molecule has 5 nitrogen and oxygen atoms in total. The van der Waals surface area contributed by atoms with E-state index in [0.717, 1.165) is 55.9 Å². The quantitative estimate of drug-likeness (QED) is 0.458. The van der Waals surface area contributed by atoms with Crippen molar-refractivity contribution < 1.29 is 0 Å². The summed E-state index contributed by atoms with van der Waals surface area (Å²) in [6.07, 6.45) is 2.13. The topological polar surface area (TPSA) is 59.1 Å². The molecule has 2 aromatic rings. The van der Waals surface area contributed by atoms with Crippen LogP contribution in [0.1, 0.15) is 12.8 Å². The zero-order valence-corrected chi connectivity index (χ0v) is 16.8. The molecule has 3 N–H and O–H groups in total. The number of nitrogens with zero attached hydrogens (tertiary/aromatic N) is 3. The smallest absolute Gasteiger partial charge is 0.112 e. The van der Waals surface area contributed by atoms with Gasteiger partial charge in [-0.05, 0) is 51.7 Å². The minimum absolute atomic E-state index is 0.754. The van der Waals surface area contributed by atoms with E-state index in [1.165, 1.54) is 22.0 Å². The van der Waals surface area contributed by atoms with Crippen LogP contribution in [-0.2, 0) is 7.05 Å². The lowest BCUT2D eigenvalue weighted by Gasteiger charge is -2.20. The first-order valence-electron chi connectivity index (χ1n) is 10.1. The number of aromatic nitrogens is 2. The van der Waals surface area contributed by atoms with Crippen LogP contribution in [0.2, 0.25) is 0 Å². The first-order chi connectivity index (χ1) is 13.7. The van der Waals surface area contributed by atoms with E-state index in [0.29, 0.717) is 0 Å². The second-order valence-electron chi connectivity index (χ2n) is 7.50. The highest BCUT2D eigenvalue weighted by molar-refractivity contribution is 6.08. The summed E-state index contributed by atoms with van der Waals surface area (Å²) in [6, 6.07) is 17.0. The van der Waals surface area contributed by atoms with Crippen LogP contribution >= 0.6 is 0 Å². The number of pyridine rings is 1. The zero-order chi connectivity index (χ0) is 19.5. The minimum Gasteiger partial charge on any atom is -0.383 e. The lowest BCUT2D eigenvalue weighted by molar-refractivity contribution is 0.330. The van der Waals surface area contributed by atoms with Crippen LogP contribution < -0.4 is 11.1 Å². The van der Waals surface area contributed by atoms with Crippen LogP contribution in [0.3, 0.4) is 0 Å². The van der Waals surface area contributed by atoms with Gasteiger partial charge in [0.2, 0.25) is 0 Å². The van der Waals surface area contributed by atoms with Crippen LogP contribution in [0.4, 0.5) is 5.69 Å². The summed E-state index contributed by atoms with van der Waals surface area (Å²) in [5.41, 5.74) is 11.3. The highest BCUT2D eigenvalue weighted by Crippen LogP contribution is 2.40. The molecule has 0 amide bonds. The summed E-state index contributed by atoms with van der Waals surface area (Å²) < 4.78 is 2.27. The SMILES string of the molecule is CN(CCCN)CCCNc1c2nc3ccccc3c-2n(C)c2ccccc12. The number of para-hydroxylation sites is 2. The van der Waals surface area contributed by atoms with Crippen molar-refractivity contribution in [3.63, 3.8) is 0 Å². The van der Waals surface area contributed by atoms with Crippen molar-refractivity contribution in [3.8, 4) is 11.4 Å². The van der Waals surface area contributed by atoms with E-state index in [4.69, 9.17) is 10.7 Å². The molecule has 146 valence electrons. The molecular weight excluding hydrogens is 346 g/mol. The number of nitrogens with two attached hydrogens (primary N) is 1. The fourth-order valence-electron chi connectivity index (χ4n) is 4.03. The number of hydrogen-bond donors (Lipinski definition) is 2. The Kier molecular flexibility index (Phi) is 5.46. The second-order valence-corrected chi connectivity index (χ2v) is 7.50. The predicted molar refractivity (Wildman–Crippen MR) is 119 cm³/mol. The van der Waals surface area contributed by atoms with Crippen molar-refractivity contribution in [2.45, 2.75) is 12.8 Å². The first kappa shape index (κ1) is 18.7. The molecule has 0 radical (unpaired) electrons. The van der Waals surface area contributed by atoms with Crippen molar-refractivity contribution in [2.75, 3.05) is 38.5 Å². The molecule has 5 heteroatoms. The minimum atomic E-state index is 0.754. The van der Waals surface area contributed by atoms with E-state index in [9.17, 15) is 0 Å². The number of aryl methyl sites for hydroxylation is 1. The average Bonchev–Trinajstić information content (AvgIpc) is 3.11. The molecule has 0 aromatic heterocycles. The van der Waals surface area contributed by atoms with Gasteiger partial charge in [0.15, 0.2) is 0 Å². The fraction of sp³-hybridized carbons (Fsp3) is 0.348. The van der Waals surface area contributed by atoms with Gasteiger partial charge >= 0.3 is 0 Å². The number of nitrogens with one attached hydrogen (secondary N) is 1. The van der Waals surface area contributed by atoms with E-state index in [1.54, 1.807) is 0 Å². The van der Waals surface area contributed by atoms with Gasteiger partial charge in [-0.25, -0.2) is 4.98 Å². The fourth-order valence-corrected chi connectivity index (χ4v) is 4.03. The summed E-state index contributed by atoms with van der Waals surface area (Å²) >= 11 is 0. The molecule has 0 bridgehead atoms. The number of rotatable bonds is 8. The zero-order valence-electron chi connectivity index (χ0n) is 16.8. The monoisotopic (exact) mass is 375 g/mol. The Bertz CT molecular complexity index is 1050. The maximum absolute atomic E-state index is 5.61. The summed E-state index contributed by atoms with van der Waals surface area (Å²) in [5.74, 6) is 0. The predicted octanol–water partition coefficient (Wildman–Crippen LogP) is 3.91. The van der Waals surface area contributed by atoms with Gasteiger partial charge in [0.25, 0.3) is 0 Å². The first-order valence-corrected chi connectivity index (χ1v) is 10.1. The lowest BCUT2D eigenvalue weighted by atomic mass is 10.1. The largest absolute Gasteiger partial charge is 0.383 e. The van der Waals surface area contributed by atoms with Crippen molar-refractivity contribution >= 4 is 27.5 Å². The maximum atomic E-state index is 5.61. The Labute approximate surface area is 166 Å². The molecule has 0 saturated carbocycles. The third-order valence-corrected chi connectivity index (χ3v) is 5.49. The molecule has 0 unspecified atom stereocenters.